The van der Waals surface area contributed by atoms with Crippen molar-refractivity contribution in [3.05, 3.63) is 0 Å². The molecule has 0 bridgehead atoms. The molecule has 12 heavy (non-hydrogen) atoms. The molecule has 4 nitrogen and oxygen atoms in total. The summed E-state index contributed by atoms with van der Waals surface area (Å²) in [7, 11) is 0. The molecule has 0 spiro atoms. The van der Waals surface area contributed by atoms with Gasteiger partial charge in [-0.05, 0) is 13.3 Å². The van der Waals surface area contributed by atoms with E-state index in [4.69, 9.17) is 10.6 Å². The Morgan fingerprint density at radius 2 is 2.58 bits per heavy atom. The van der Waals surface area contributed by atoms with E-state index >= 15 is 0 Å². The number of rotatable bonds is 3. The van der Waals surface area contributed by atoms with Gasteiger partial charge in [0.1, 0.15) is 0 Å². The summed E-state index contributed by atoms with van der Waals surface area (Å²) in [6.07, 6.45) is 1.30. The fraction of sp³-hybridized carbons (Fsp3) is 0.857. The number of hydrogen-bond acceptors (Lipinski definition) is 4. The van der Waals surface area contributed by atoms with Gasteiger partial charge in [-0.3, -0.25) is 10.2 Å². The maximum Gasteiger partial charge on any atom is 0.243 e. The highest BCUT2D eigenvalue weighted by molar-refractivity contribution is 8.00. The fourth-order valence-electron chi connectivity index (χ4n) is 1.16. The van der Waals surface area contributed by atoms with E-state index in [1.807, 2.05) is 6.92 Å². The van der Waals surface area contributed by atoms with Gasteiger partial charge in [-0.1, -0.05) is 0 Å². The first-order chi connectivity index (χ1) is 5.74. The summed E-state index contributed by atoms with van der Waals surface area (Å²) in [5.74, 6) is 5.25. The molecule has 1 amide bonds. The third-order valence-corrected chi connectivity index (χ3v) is 3.37. The summed E-state index contributed by atoms with van der Waals surface area (Å²) in [6, 6.07) is 0. The van der Waals surface area contributed by atoms with Crippen LogP contribution in [0.5, 0.6) is 0 Å². The molecule has 1 aliphatic heterocycles. The quantitative estimate of drug-likeness (QED) is 0.370. The highest BCUT2D eigenvalue weighted by Crippen LogP contribution is 2.25. The van der Waals surface area contributed by atoms with Crippen molar-refractivity contribution in [2.45, 2.75) is 24.7 Å². The van der Waals surface area contributed by atoms with Gasteiger partial charge in [0.15, 0.2) is 0 Å². The number of nitrogens with one attached hydrogen (secondary N) is 1. The highest BCUT2D eigenvalue weighted by Gasteiger charge is 2.24. The largest absolute Gasteiger partial charge is 0.377 e. The molecule has 3 N–H and O–H groups in total. The van der Waals surface area contributed by atoms with Crippen LogP contribution in [-0.2, 0) is 9.53 Å². The zero-order valence-corrected chi connectivity index (χ0v) is 7.89. The molecule has 2 unspecified atom stereocenters. The first-order valence-corrected chi connectivity index (χ1v) is 5.01. The van der Waals surface area contributed by atoms with Crippen LogP contribution in [0.3, 0.4) is 0 Å². The molecular formula is C7H14N2O2S. The minimum Gasteiger partial charge on any atom is -0.377 e. The van der Waals surface area contributed by atoms with E-state index in [-0.39, 0.29) is 12.0 Å². The third kappa shape index (κ3) is 2.66. The summed E-state index contributed by atoms with van der Waals surface area (Å²) in [4.78, 5) is 10.8. The second kappa shape index (κ2) is 4.69. The van der Waals surface area contributed by atoms with Gasteiger partial charge < -0.3 is 4.74 Å². The predicted octanol–water partition coefficient (Wildman–Crippen LogP) is -0.113. The average Bonchev–Trinajstić information content (AvgIpc) is 2.47. The minimum atomic E-state index is -0.126. The van der Waals surface area contributed by atoms with Crippen molar-refractivity contribution in [1.29, 1.82) is 0 Å². The molecule has 1 aliphatic rings. The zero-order valence-electron chi connectivity index (χ0n) is 7.08. The van der Waals surface area contributed by atoms with Crippen molar-refractivity contribution in [1.82, 2.24) is 5.43 Å². The van der Waals surface area contributed by atoms with Crippen molar-refractivity contribution in [2.75, 3.05) is 12.4 Å². The first kappa shape index (κ1) is 9.83. The Labute approximate surface area is 76.2 Å². The summed E-state index contributed by atoms with van der Waals surface area (Å²) in [5.41, 5.74) is 2.10. The third-order valence-electron chi connectivity index (χ3n) is 1.90. The summed E-state index contributed by atoms with van der Waals surface area (Å²) < 4.78 is 5.35. The fourth-order valence-corrected chi connectivity index (χ4v) is 2.22. The van der Waals surface area contributed by atoms with Crippen molar-refractivity contribution >= 4 is 17.7 Å². The van der Waals surface area contributed by atoms with Crippen LogP contribution in [0.15, 0.2) is 0 Å². The standard InChI is InChI=1S/C7H14N2O2S/c1-5-6(2-3-11-5)12-4-7(10)9-8/h5-6H,2-4,8H2,1H3,(H,9,10). The maximum atomic E-state index is 10.8. The van der Waals surface area contributed by atoms with Crippen LogP contribution in [-0.4, -0.2) is 29.6 Å². The van der Waals surface area contributed by atoms with Crippen LogP contribution in [0.2, 0.25) is 0 Å². The molecule has 0 aromatic heterocycles. The van der Waals surface area contributed by atoms with Crippen molar-refractivity contribution < 1.29 is 9.53 Å². The van der Waals surface area contributed by atoms with Crippen molar-refractivity contribution in [3.63, 3.8) is 0 Å². The number of hydrazine groups is 1. The van der Waals surface area contributed by atoms with Crippen LogP contribution in [0.4, 0.5) is 0 Å². The smallest absolute Gasteiger partial charge is 0.243 e. The summed E-state index contributed by atoms with van der Waals surface area (Å²) >= 11 is 1.61. The molecule has 0 saturated carbocycles. The van der Waals surface area contributed by atoms with Gasteiger partial charge in [-0.25, -0.2) is 5.84 Å². The van der Waals surface area contributed by atoms with E-state index in [1.54, 1.807) is 11.8 Å². The van der Waals surface area contributed by atoms with Gasteiger partial charge in [0.25, 0.3) is 0 Å². The molecular weight excluding hydrogens is 176 g/mol. The molecule has 70 valence electrons. The van der Waals surface area contributed by atoms with E-state index in [2.05, 4.69) is 5.43 Å². The topological polar surface area (TPSA) is 64.3 Å². The minimum absolute atomic E-state index is 0.126. The average molecular weight is 190 g/mol. The molecule has 2 atom stereocenters. The lowest BCUT2D eigenvalue weighted by molar-refractivity contribution is -0.118. The molecule has 1 rings (SSSR count). The van der Waals surface area contributed by atoms with E-state index in [0.29, 0.717) is 11.0 Å². The second-order valence-corrected chi connectivity index (χ2v) is 4.01. The molecule has 0 aromatic rings. The molecule has 1 heterocycles. The maximum absolute atomic E-state index is 10.8. The van der Waals surface area contributed by atoms with Crippen LogP contribution in [0, 0.1) is 0 Å². The molecule has 5 heteroatoms. The summed E-state index contributed by atoms with van der Waals surface area (Å²) in [5, 5.41) is 0.447. The Kier molecular flexibility index (Phi) is 3.84. The number of hydrogen-bond donors (Lipinski definition) is 2. The first-order valence-electron chi connectivity index (χ1n) is 3.96. The van der Waals surface area contributed by atoms with E-state index < -0.39 is 0 Å². The Morgan fingerprint density at radius 3 is 3.08 bits per heavy atom. The van der Waals surface area contributed by atoms with Gasteiger partial charge in [0, 0.05) is 11.9 Å². The number of nitrogens with two attached hydrogens (primary N) is 1. The second-order valence-electron chi connectivity index (χ2n) is 2.78. The molecule has 1 fully saturated rings. The number of ether oxygens (including phenoxy) is 1. The number of thioether (sulfide) groups is 1. The van der Waals surface area contributed by atoms with Gasteiger partial charge in [-0.2, -0.15) is 0 Å². The molecule has 0 aromatic carbocycles. The Hall–Kier alpha value is -0.260. The van der Waals surface area contributed by atoms with Gasteiger partial charge in [-0.15, -0.1) is 11.8 Å². The summed E-state index contributed by atoms with van der Waals surface area (Å²) in [6.45, 7) is 2.84. The van der Waals surface area contributed by atoms with E-state index in [1.165, 1.54) is 0 Å². The number of carbonyl (C=O) groups is 1. The molecule has 1 saturated heterocycles. The Bertz CT molecular complexity index is 165. The Morgan fingerprint density at radius 1 is 1.83 bits per heavy atom. The number of amides is 1. The monoisotopic (exact) mass is 190 g/mol. The van der Waals surface area contributed by atoms with E-state index in [0.717, 1.165) is 13.0 Å². The van der Waals surface area contributed by atoms with Crippen molar-refractivity contribution in [3.8, 4) is 0 Å². The zero-order chi connectivity index (χ0) is 8.97. The van der Waals surface area contributed by atoms with Crippen LogP contribution >= 0.6 is 11.8 Å². The van der Waals surface area contributed by atoms with Crippen LogP contribution in [0.1, 0.15) is 13.3 Å². The predicted molar refractivity (Wildman–Crippen MR) is 48.6 cm³/mol. The van der Waals surface area contributed by atoms with Gasteiger partial charge >= 0.3 is 0 Å². The Balaban J connectivity index is 2.18. The van der Waals surface area contributed by atoms with Crippen LogP contribution in [0.25, 0.3) is 0 Å². The lowest BCUT2D eigenvalue weighted by Crippen LogP contribution is -2.32. The lowest BCUT2D eigenvalue weighted by atomic mass is 10.3. The molecule has 0 radical (unpaired) electrons. The van der Waals surface area contributed by atoms with Gasteiger partial charge in [0.2, 0.25) is 5.91 Å². The lowest BCUT2D eigenvalue weighted by Gasteiger charge is -2.12. The van der Waals surface area contributed by atoms with Crippen LogP contribution < -0.4 is 11.3 Å². The number of carbonyl (C=O) groups excluding carboxylic acids is 1. The molecule has 0 aliphatic carbocycles. The van der Waals surface area contributed by atoms with Gasteiger partial charge in [0.05, 0.1) is 11.9 Å². The van der Waals surface area contributed by atoms with E-state index in [9.17, 15) is 4.79 Å². The SMILES string of the molecule is CC1OCCC1SCC(=O)NN. The van der Waals surface area contributed by atoms with Crippen molar-refractivity contribution in [2.24, 2.45) is 5.84 Å². The normalized spacial score (nSPS) is 28.8. The highest BCUT2D eigenvalue weighted by atomic mass is 32.2.